The highest BCUT2D eigenvalue weighted by Crippen LogP contribution is 2.35. The molecule has 122 valence electrons. The number of hydrogen-bond donors (Lipinski definition) is 2. The van der Waals surface area contributed by atoms with Crippen molar-refractivity contribution < 1.29 is 14.7 Å². The zero-order valence-corrected chi connectivity index (χ0v) is 12.7. The third-order valence-corrected chi connectivity index (χ3v) is 4.28. The Kier molecular flexibility index (Phi) is 4.18. The van der Waals surface area contributed by atoms with Crippen LogP contribution in [0.1, 0.15) is 38.0 Å². The van der Waals surface area contributed by atoms with Gasteiger partial charge in [0.2, 0.25) is 0 Å². The Bertz CT molecular complexity index is 655. The van der Waals surface area contributed by atoms with Crippen LogP contribution in [0.25, 0.3) is 0 Å². The minimum Gasteiger partial charge on any atom is -0.358 e. The SMILES string of the molecule is CCCC1OC[C@H]2O[C@@H](n3cc(C)c(=O)[nH]c3=O)C[C@H]2N1O. The van der Waals surface area contributed by atoms with Crippen LogP contribution in [0.4, 0.5) is 0 Å². The molecule has 2 N–H and O–H groups in total. The molecule has 0 aliphatic carbocycles. The first-order valence-corrected chi connectivity index (χ1v) is 7.57. The Balaban J connectivity index is 1.82. The zero-order chi connectivity index (χ0) is 15.9. The summed E-state index contributed by atoms with van der Waals surface area (Å²) in [5.41, 5.74) is -0.458. The third-order valence-electron chi connectivity index (χ3n) is 4.28. The van der Waals surface area contributed by atoms with Crippen molar-refractivity contribution in [3.05, 3.63) is 32.6 Å². The van der Waals surface area contributed by atoms with E-state index in [4.69, 9.17) is 9.47 Å². The Labute approximate surface area is 127 Å². The van der Waals surface area contributed by atoms with Crippen molar-refractivity contribution in [3.63, 3.8) is 0 Å². The molecule has 0 saturated carbocycles. The van der Waals surface area contributed by atoms with Crippen LogP contribution in [-0.2, 0) is 9.47 Å². The van der Waals surface area contributed by atoms with E-state index in [1.54, 1.807) is 6.92 Å². The van der Waals surface area contributed by atoms with Gasteiger partial charge in [-0.1, -0.05) is 13.3 Å². The van der Waals surface area contributed by atoms with Crippen molar-refractivity contribution >= 4 is 0 Å². The summed E-state index contributed by atoms with van der Waals surface area (Å²) in [5.74, 6) is 0. The molecular formula is C14H21N3O5. The molecule has 2 aliphatic heterocycles. The first-order valence-electron chi connectivity index (χ1n) is 7.57. The molecule has 3 heterocycles. The molecule has 22 heavy (non-hydrogen) atoms. The van der Waals surface area contributed by atoms with Crippen LogP contribution in [0.15, 0.2) is 15.8 Å². The first-order chi connectivity index (χ1) is 10.5. The van der Waals surface area contributed by atoms with E-state index < -0.39 is 17.5 Å². The molecule has 3 rings (SSSR count). The lowest BCUT2D eigenvalue weighted by molar-refractivity contribution is -0.286. The number of hydroxylamine groups is 2. The van der Waals surface area contributed by atoms with Crippen LogP contribution >= 0.6 is 0 Å². The zero-order valence-electron chi connectivity index (χ0n) is 12.7. The smallest absolute Gasteiger partial charge is 0.330 e. The molecule has 0 aromatic carbocycles. The number of aromatic nitrogens is 2. The van der Waals surface area contributed by atoms with E-state index in [0.717, 1.165) is 12.8 Å². The Morgan fingerprint density at radius 2 is 2.23 bits per heavy atom. The third kappa shape index (κ3) is 2.63. The fourth-order valence-electron chi connectivity index (χ4n) is 3.07. The van der Waals surface area contributed by atoms with Gasteiger partial charge in [0.25, 0.3) is 5.56 Å². The van der Waals surface area contributed by atoms with Crippen molar-refractivity contribution in [2.45, 2.75) is 57.7 Å². The summed E-state index contributed by atoms with van der Waals surface area (Å²) >= 11 is 0. The van der Waals surface area contributed by atoms with Gasteiger partial charge in [-0.25, -0.2) is 4.79 Å². The highest BCUT2D eigenvalue weighted by molar-refractivity contribution is 5.02. The molecule has 2 saturated heterocycles. The molecule has 0 bridgehead atoms. The van der Waals surface area contributed by atoms with Gasteiger partial charge in [0.05, 0.1) is 12.6 Å². The summed E-state index contributed by atoms with van der Waals surface area (Å²) in [7, 11) is 0. The van der Waals surface area contributed by atoms with E-state index >= 15 is 0 Å². The lowest BCUT2D eigenvalue weighted by Gasteiger charge is -2.38. The predicted octanol–water partition coefficient (Wildman–Crippen LogP) is 0.349. The maximum atomic E-state index is 12.0. The van der Waals surface area contributed by atoms with Gasteiger partial charge in [0, 0.05) is 18.2 Å². The largest absolute Gasteiger partial charge is 0.358 e. The van der Waals surface area contributed by atoms with Crippen molar-refractivity contribution in [3.8, 4) is 0 Å². The van der Waals surface area contributed by atoms with Gasteiger partial charge in [0.1, 0.15) is 18.6 Å². The fraction of sp³-hybridized carbons (Fsp3) is 0.714. The van der Waals surface area contributed by atoms with E-state index in [1.807, 2.05) is 6.92 Å². The van der Waals surface area contributed by atoms with Gasteiger partial charge in [0.15, 0.2) is 0 Å². The van der Waals surface area contributed by atoms with Crippen LogP contribution in [0.5, 0.6) is 0 Å². The van der Waals surface area contributed by atoms with E-state index in [9.17, 15) is 14.8 Å². The lowest BCUT2D eigenvalue weighted by Crippen LogP contribution is -2.53. The Morgan fingerprint density at radius 3 is 2.95 bits per heavy atom. The molecule has 2 fully saturated rings. The summed E-state index contributed by atoms with van der Waals surface area (Å²) < 4.78 is 12.8. The van der Waals surface area contributed by atoms with Crippen LogP contribution in [-0.4, -0.2) is 44.8 Å². The molecule has 1 unspecified atom stereocenters. The lowest BCUT2D eigenvalue weighted by atomic mass is 10.1. The minimum atomic E-state index is -0.517. The van der Waals surface area contributed by atoms with Gasteiger partial charge in [-0.05, 0) is 13.3 Å². The molecule has 8 heteroatoms. The highest BCUT2D eigenvalue weighted by Gasteiger charge is 2.45. The van der Waals surface area contributed by atoms with Gasteiger partial charge in [-0.2, -0.15) is 5.06 Å². The number of aryl methyl sites for hydroxylation is 1. The number of rotatable bonds is 3. The van der Waals surface area contributed by atoms with Crippen molar-refractivity contribution in [1.82, 2.24) is 14.6 Å². The normalized spacial score (nSPS) is 32.1. The second-order valence-corrected chi connectivity index (χ2v) is 5.87. The van der Waals surface area contributed by atoms with Crippen molar-refractivity contribution in [1.29, 1.82) is 0 Å². The monoisotopic (exact) mass is 311 g/mol. The summed E-state index contributed by atoms with van der Waals surface area (Å²) in [6, 6.07) is -0.213. The molecule has 4 atom stereocenters. The summed E-state index contributed by atoms with van der Waals surface area (Å²) in [4.78, 5) is 25.7. The predicted molar refractivity (Wildman–Crippen MR) is 76.6 cm³/mol. The van der Waals surface area contributed by atoms with Crippen molar-refractivity contribution in [2.75, 3.05) is 6.61 Å². The maximum absolute atomic E-state index is 12.0. The number of nitrogens with zero attached hydrogens (tertiary/aromatic N) is 2. The average Bonchev–Trinajstić information content (AvgIpc) is 2.91. The van der Waals surface area contributed by atoms with E-state index in [0.29, 0.717) is 18.6 Å². The van der Waals surface area contributed by atoms with Gasteiger partial charge >= 0.3 is 5.69 Å². The molecule has 2 aliphatic rings. The number of H-pyrrole nitrogens is 1. The van der Waals surface area contributed by atoms with E-state index in [-0.39, 0.29) is 18.4 Å². The number of aromatic amines is 1. The quantitative estimate of drug-likeness (QED) is 0.836. The van der Waals surface area contributed by atoms with Crippen LogP contribution < -0.4 is 11.2 Å². The summed E-state index contributed by atoms with van der Waals surface area (Å²) in [6.45, 7) is 4.05. The minimum absolute atomic E-state index is 0.213. The van der Waals surface area contributed by atoms with Gasteiger partial charge < -0.3 is 14.7 Å². The highest BCUT2D eigenvalue weighted by atomic mass is 16.6. The Hall–Kier alpha value is -1.48. The molecule has 0 radical (unpaired) electrons. The van der Waals surface area contributed by atoms with E-state index in [2.05, 4.69) is 4.98 Å². The number of fused-ring (bicyclic) bond motifs is 1. The van der Waals surface area contributed by atoms with Gasteiger partial charge in [-0.3, -0.25) is 14.3 Å². The molecular weight excluding hydrogens is 290 g/mol. The van der Waals surface area contributed by atoms with Crippen LogP contribution in [0.2, 0.25) is 0 Å². The second kappa shape index (κ2) is 5.96. The molecule has 1 aromatic rings. The topological polar surface area (TPSA) is 96.8 Å². The molecule has 0 spiro atoms. The molecule has 0 amide bonds. The summed E-state index contributed by atoms with van der Waals surface area (Å²) in [5, 5.41) is 11.5. The fourth-order valence-corrected chi connectivity index (χ4v) is 3.07. The van der Waals surface area contributed by atoms with Crippen LogP contribution in [0, 0.1) is 6.92 Å². The average molecular weight is 311 g/mol. The second-order valence-electron chi connectivity index (χ2n) is 5.87. The number of hydrogen-bond acceptors (Lipinski definition) is 6. The maximum Gasteiger partial charge on any atom is 0.330 e. The van der Waals surface area contributed by atoms with Gasteiger partial charge in [-0.15, -0.1) is 0 Å². The standard InChI is InChI=1S/C14H21N3O5/c1-3-4-11-17(20)9-5-12(22-10(9)7-21-11)16-6-8(2)13(18)15-14(16)19/h6,9-12,20H,3-5,7H2,1-2H3,(H,15,18,19)/t9-,10-,11?,12-/m1/s1. The molecule has 1 aromatic heterocycles. The first kappa shape index (κ1) is 15.4. The van der Waals surface area contributed by atoms with Crippen LogP contribution in [0.3, 0.4) is 0 Å². The molecule has 8 nitrogen and oxygen atoms in total. The summed E-state index contributed by atoms with van der Waals surface area (Å²) in [6.07, 6.45) is 2.47. The number of nitrogens with one attached hydrogen (secondary N) is 1. The number of ether oxygens (including phenoxy) is 2. The van der Waals surface area contributed by atoms with E-state index in [1.165, 1.54) is 15.8 Å². The van der Waals surface area contributed by atoms with Crippen molar-refractivity contribution in [2.24, 2.45) is 0 Å². The Morgan fingerprint density at radius 1 is 1.45 bits per heavy atom.